The largest absolute Gasteiger partial charge is 0.393 e. The molecule has 154 valence electrons. The van der Waals surface area contributed by atoms with Crippen LogP contribution >= 0.6 is 0 Å². The summed E-state index contributed by atoms with van der Waals surface area (Å²) in [5, 5.41) is 0. The molecule has 0 bridgehead atoms. The van der Waals surface area contributed by atoms with E-state index in [1.165, 1.54) is 21.9 Å². The third-order valence-electron chi connectivity index (χ3n) is 5.05. The number of aryl methyl sites for hydroxylation is 1. The predicted molar refractivity (Wildman–Crippen MR) is 95.0 cm³/mol. The lowest BCUT2D eigenvalue weighted by Crippen LogP contribution is -2.44. The number of aromatic nitrogens is 4. The van der Waals surface area contributed by atoms with Gasteiger partial charge >= 0.3 is 6.18 Å². The summed E-state index contributed by atoms with van der Waals surface area (Å²) in [5.41, 5.74) is -0.549. The van der Waals surface area contributed by atoms with Gasteiger partial charge in [-0.25, -0.2) is 18.3 Å². The van der Waals surface area contributed by atoms with Crippen molar-refractivity contribution in [3.05, 3.63) is 46.5 Å². The first-order valence-electron chi connectivity index (χ1n) is 8.88. The van der Waals surface area contributed by atoms with Crippen LogP contribution in [0.2, 0.25) is 0 Å². The maximum Gasteiger partial charge on any atom is 0.393 e. The molecule has 0 N–H and O–H groups in total. The summed E-state index contributed by atoms with van der Waals surface area (Å²) in [6, 6.07) is 2.82. The quantitative estimate of drug-likeness (QED) is 0.606. The standard InChI is InChI=1S/C18H16F5N5O/c1-26-9-24-14-15(26)25-17(27-6-2-3-10(8-27)18(21,22)23)28(16(14)29)11-4-5-12(19)13(20)7-11/h4-5,7,9-10H,2-3,6,8H2,1H3. The predicted octanol–water partition coefficient (Wildman–Crippen LogP) is 3.18. The fourth-order valence-electron chi connectivity index (χ4n) is 3.54. The Bertz CT molecular complexity index is 1140. The minimum Gasteiger partial charge on any atom is -0.341 e. The molecule has 1 fully saturated rings. The topological polar surface area (TPSA) is 56.0 Å². The summed E-state index contributed by atoms with van der Waals surface area (Å²) in [5.74, 6) is -3.93. The van der Waals surface area contributed by atoms with Crippen molar-refractivity contribution in [2.24, 2.45) is 13.0 Å². The molecule has 0 aliphatic carbocycles. The lowest BCUT2D eigenvalue weighted by atomic mass is 9.98. The number of hydrogen-bond acceptors (Lipinski definition) is 4. The molecule has 1 saturated heterocycles. The van der Waals surface area contributed by atoms with Gasteiger partial charge in [0, 0.05) is 26.2 Å². The Kier molecular flexibility index (Phi) is 4.55. The number of halogens is 5. The van der Waals surface area contributed by atoms with E-state index in [1.807, 2.05) is 0 Å². The van der Waals surface area contributed by atoms with E-state index >= 15 is 0 Å². The van der Waals surface area contributed by atoms with E-state index in [1.54, 1.807) is 7.05 Å². The SMILES string of the molecule is Cn1cnc2c(=O)n(-c3ccc(F)c(F)c3)c(N3CCCC(C(F)(F)F)C3)nc21. The Morgan fingerprint density at radius 1 is 1.17 bits per heavy atom. The highest BCUT2D eigenvalue weighted by molar-refractivity contribution is 5.72. The average Bonchev–Trinajstić information content (AvgIpc) is 3.05. The van der Waals surface area contributed by atoms with Crippen LogP contribution in [0.5, 0.6) is 0 Å². The molecule has 4 rings (SSSR count). The molecular weight excluding hydrogens is 397 g/mol. The van der Waals surface area contributed by atoms with Gasteiger partial charge in [0.15, 0.2) is 22.8 Å². The molecule has 1 unspecified atom stereocenters. The lowest BCUT2D eigenvalue weighted by molar-refractivity contribution is -0.176. The van der Waals surface area contributed by atoms with Crippen LogP contribution in [-0.2, 0) is 7.05 Å². The van der Waals surface area contributed by atoms with Crippen molar-refractivity contribution in [3.63, 3.8) is 0 Å². The van der Waals surface area contributed by atoms with Crippen LogP contribution in [0.4, 0.5) is 27.9 Å². The number of piperidine rings is 1. The number of fused-ring (bicyclic) bond motifs is 1. The first kappa shape index (κ1) is 19.3. The van der Waals surface area contributed by atoms with Crippen molar-refractivity contribution < 1.29 is 22.0 Å². The van der Waals surface area contributed by atoms with Gasteiger partial charge in [0.1, 0.15) is 0 Å². The van der Waals surface area contributed by atoms with Crippen LogP contribution in [-0.4, -0.2) is 38.4 Å². The number of rotatable bonds is 2. The zero-order chi connectivity index (χ0) is 20.9. The van der Waals surface area contributed by atoms with Gasteiger partial charge in [-0.15, -0.1) is 0 Å². The molecule has 0 saturated carbocycles. The number of alkyl halides is 3. The number of anilines is 1. The zero-order valence-electron chi connectivity index (χ0n) is 15.2. The summed E-state index contributed by atoms with van der Waals surface area (Å²) in [7, 11) is 1.60. The van der Waals surface area contributed by atoms with E-state index in [0.29, 0.717) is 0 Å². The highest BCUT2D eigenvalue weighted by Crippen LogP contribution is 2.35. The molecule has 0 amide bonds. The fraction of sp³-hybridized carbons (Fsp3) is 0.389. The van der Waals surface area contributed by atoms with Crippen LogP contribution in [0.1, 0.15) is 12.8 Å². The van der Waals surface area contributed by atoms with Crippen LogP contribution in [0, 0.1) is 17.6 Å². The van der Waals surface area contributed by atoms with Gasteiger partial charge in [-0.05, 0) is 25.0 Å². The van der Waals surface area contributed by atoms with E-state index in [-0.39, 0.29) is 48.7 Å². The third kappa shape index (κ3) is 3.34. The fourth-order valence-corrected chi connectivity index (χ4v) is 3.54. The highest BCUT2D eigenvalue weighted by Gasteiger charge is 2.42. The average molecular weight is 413 g/mol. The first-order valence-corrected chi connectivity index (χ1v) is 8.88. The number of benzene rings is 1. The molecule has 6 nitrogen and oxygen atoms in total. The van der Waals surface area contributed by atoms with Crippen molar-refractivity contribution in [1.29, 1.82) is 0 Å². The Hall–Kier alpha value is -2.98. The van der Waals surface area contributed by atoms with Gasteiger partial charge in [0.2, 0.25) is 5.95 Å². The van der Waals surface area contributed by atoms with Gasteiger partial charge in [-0.1, -0.05) is 0 Å². The molecule has 29 heavy (non-hydrogen) atoms. The van der Waals surface area contributed by atoms with Crippen LogP contribution in [0.3, 0.4) is 0 Å². The van der Waals surface area contributed by atoms with Crippen molar-refractivity contribution in [2.75, 3.05) is 18.0 Å². The van der Waals surface area contributed by atoms with Gasteiger partial charge in [0.05, 0.1) is 17.9 Å². The molecular formula is C18H16F5N5O. The Morgan fingerprint density at radius 2 is 1.93 bits per heavy atom. The van der Waals surface area contributed by atoms with E-state index in [9.17, 15) is 26.7 Å². The summed E-state index contributed by atoms with van der Waals surface area (Å²) in [6.07, 6.45) is -2.81. The molecule has 3 aromatic rings. The molecule has 1 aliphatic rings. The van der Waals surface area contributed by atoms with Crippen LogP contribution < -0.4 is 10.5 Å². The second-order valence-electron chi connectivity index (χ2n) is 7.01. The normalized spacial score (nSPS) is 17.9. The van der Waals surface area contributed by atoms with E-state index in [4.69, 9.17) is 0 Å². The third-order valence-corrected chi connectivity index (χ3v) is 5.05. The Morgan fingerprint density at radius 3 is 2.62 bits per heavy atom. The summed E-state index contributed by atoms with van der Waals surface area (Å²) in [4.78, 5) is 22.8. The molecule has 2 aromatic heterocycles. The lowest BCUT2D eigenvalue weighted by Gasteiger charge is -2.35. The second-order valence-corrected chi connectivity index (χ2v) is 7.01. The van der Waals surface area contributed by atoms with Gasteiger partial charge in [-0.2, -0.15) is 18.2 Å². The van der Waals surface area contributed by atoms with Gasteiger partial charge < -0.3 is 9.47 Å². The van der Waals surface area contributed by atoms with Gasteiger partial charge in [0.25, 0.3) is 5.56 Å². The smallest absolute Gasteiger partial charge is 0.341 e. The zero-order valence-corrected chi connectivity index (χ0v) is 15.2. The van der Waals surface area contributed by atoms with Crippen LogP contribution in [0.15, 0.2) is 29.3 Å². The highest BCUT2D eigenvalue weighted by atomic mass is 19.4. The molecule has 11 heteroatoms. The van der Waals surface area contributed by atoms with Crippen LogP contribution in [0.25, 0.3) is 16.9 Å². The number of hydrogen-bond donors (Lipinski definition) is 0. The van der Waals surface area contributed by atoms with Crippen molar-refractivity contribution in [3.8, 4) is 5.69 Å². The van der Waals surface area contributed by atoms with E-state index in [0.717, 1.165) is 16.7 Å². The monoisotopic (exact) mass is 413 g/mol. The maximum absolute atomic E-state index is 13.8. The maximum atomic E-state index is 13.8. The molecule has 0 radical (unpaired) electrons. The Labute approximate surface area is 161 Å². The number of imidazole rings is 1. The molecule has 0 spiro atoms. The van der Waals surface area contributed by atoms with Gasteiger partial charge in [-0.3, -0.25) is 4.79 Å². The first-order chi connectivity index (χ1) is 13.7. The molecule has 1 aromatic carbocycles. The van der Waals surface area contributed by atoms with Crippen molar-refractivity contribution in [2.45, 2.75) is 19.0 Å². The summed E-state index contributed by atoms with van der Waals surface area (Å²) >= 11 is 0. The van der Waals surface area contributed by atoms with Crippen molar-refractivity contribution >= 4 is 17.1 Å². The molecule has 1 aliphatic heterocycles. The minimum absolute atomic E-state index is 0.0228. The summed E-state index contributed by atoms with van der Waals surface area (Å²) in [6.45, 7) is -0.144. The number of nitrogens with zero attached hydrogens (tertiary/aromatic N) is 5. The Balaban J connectivity index is 1.93. The van der Waals surface area contributed by atoms with E-state index in [2.05, 4.69) is 9.97 Å². The molecule has 1 atom stereocenters. The molecule has 3 heterocycles. The minimum atomic E-state index is -4.39. The second kappa shape index (κ2) is 6.82. The van der Waals surface area contributed by atoms with E-state index < -0.39 is 29.3 Å². The van der Waals surface area contributed by atoms with Crippen molar-refractivity contribution in [1.82, 2.24) is 19.1 Å². The summed E-state index contributed by atoms with van der Waals surface area (Å²) < 4.78 is 69.5.